The Morgan fingerprint density at radius 3 is 1.80 bits per heavy atom. The summed E-state index contributed by atoms with van der Waals surface area (Å²) in [7, 11) is 0. The lowest BCUT2D eigenvalue weighted by Crippen LogP contribution is -2.00. The molecule has 0 unspecified atom stereocenters. The molecule has 0 radical (unpaired) electrons. The van der Waals surface area contributed by atoms with Crippen molar-refractivity contribution in [2.24, 2.45) is 0 Å². The van der Waals surface area contributed by atoms with Crippen molar-refractivity contribution in [3.63, 3.8) is 0 Å². The molecule has 0 atom stereocenters. The molecule has 0 spiro atoms. The van der Waals surface area contributed by atoms with Gasteiger partial charge in [0.15, 0.2) is 17.5 Å². The van der Waals surface area contributed by atoms with E-state index in [-0.39, 0.29) is 0 Å². The summed E-state index contributed by atoms with van der Waals surface area (Å²) in [5.74, 6) is 1.85. The zero-order valence-electron chi connectivity index (χ0n) is 26.3. The molecule has 0 saturated carbocycles. The van der Waals surface area contributed by atoms with Crippen molar-refractivity contribution < 1.29 is 4.42 Å². The monoisotopic (exact) mass is 625 g/mol. The largest absolute Gasteiger partial charge is 0.456 e. The van der Waals surface area contributed by atoms with Crippen LogP contribution in [0.25, 0.3) is 99.5 Å². The van der Waals surface area contributed by atoms with Gasteiger partial charge in [-0.15, -0.1) is 0 Å². The fraction of sp³-hybridized carbons (Fsp3) is 0. The number of fused-ring (bicyclic) bond motifs is 8. The molecule has 8 aromatic carbocycles. The van der Waals surface area contributed by atoms with E-state index in [1.807, 2.05) is 42.5 Å². The number of nitrogens with zero attached hydrogens (tertiary/aromatic N) is 3. The SMILES string of the molecule is c1ccc(-c2ccc3ccc4c(-c5nc(-c6ccccc6)nc(-c6ccc7ccccc7c6)n5)cc5oc6ccccc6c5c4c3c2)cc1. The first kappa shape index (κ1) is 27.5. The van der Waals surface area contributed by atoms with Gasteiger partial charge < -0.3 is 4.42 Å². The number of aromatic nitrogens is 3. The van der Waals surface area contributed by atoms with Crippen LogP contribution in [0.4, 0.5) is 0 Å². The van der Waals surface area contributed by atoms with E-state index >= 15 is 0 Å². The van der Waals surface area contributed by atoms with Gasteiger partial charge in [-0.3, -0.25) is 0 Å². The molecule has 0 aliphatic carbocycles. The highest BCUT2D eigenvalue weighted by molar-refractivity contribution is 6.29. The van der Waals surface area contributed by atoms with Crippen LogP contribution in [-0.4, -0.2) is 15.0 Å². The normalized spacial score (nSPS) is 11.7. The van der Waals surface area contributed by atoms with Crippen molar-refractivity contribution in [2.45, 2.75) is 0 Å². The second kappa shape index (κ2) is 11.0. The quantitative estimate of drug-likeness (QED) is 0.183. The Balaban J connectivity index is 1.30. The maximum Gasteiger partial charge on any atom is 0.164 e. The summed E-state index contributed by atoms with van der Waals surface area (Å²) < 4.78 is 6.59. The smallest absolute Gasteiger partial charge is 0.164 e. The first-order chi connectivity index (χ1) is 24.3. The summed E-state index contributed by atoms with van der Waals surface area (Å²) in [5, 5.41) is 9.00. The summed E-state index contributed by atoms with van der Waals surface area (Å²) in [4.78, 5) is 15.4. The number of benzene rings is 8. The Kier molecular flexibility index (Phi) is 6.15. The van der Waals surface area contributed by atoms with E-state index in [4.69, 9.17) is 19.4 Å². The van der Waals surface area contributed by atoms with Gasteiger partial charge in [-0.25, -0.2) is 15.0 Å². The van der Waals surface area contributed by atoms with Crippen molar-refractivity contribution in [1.29, 1.82) is 0 Å². The van der Waals surface area contributed by atoms with Crippen LogP contribution in [0, 0.1) is 0 Å². The van der Waals surface area contributed by atoms with Crippen LogP contribution in [0.2, 0.25) is 0 Å². The molecule has 0 saturated heterocycles. The maximum atomic E-state index is 6.59. The van der Waals surface area contributed by atoms with Crippen LogP contribution < -0.4 is 0 Å². The predicted octanol–water partition coefficient (Wildman–Crippen LogP) is 11.9. The standard InChI is InChI=1S/C45H27N3O/c1-3-11-28(12-4-1)33-21-20-30-23-24-35-38(27-40-42(41(35)37(30)26-33)36-17-9-10-18-39(36)49-40)45-47-43(31-14-5-2-6-15-31)46-44(48-45)34-22-19-29-13-7-8-16-32(29)25-34/h1-27H. The molecule has 0 amide bonds. The van der Waals surface area contributed by atoms with Gasteiger partial charge in [-0.2, -0.15) is 0 Å². The van der Waals surface area contributed by atoms with E-state index in [2.05, 4.69) is 121 Å². The Morgan fingerprint density at radius 1 is 0.327 bits per heavy atom. The van der Waals surface area contributed by atoms with Gasteiger partial charge in [0, 0.05) is 32.8 Å². The molecule has 4 nitrogen and oxygen atoms in total. The molecule has 2 aromatic heterocycles. The van der Waals surface area contributed by atoms with Gasteiger partial charge in [0.2, 0.25) is 0 Å². The number of para-hydroxylation sites is 1. The Hall–Kier alpha value is -6.65. The summed E-state index contributed by atoms with van der Waals surface area (Å²) in [6, 6.07) is 56.9. The van der Waals surface area contributed by atoms with E-state index < -0.39 is 0 Å². The number of hydrogen-bond donors (Lipinski definition) is 0. The van der Waals surface area contributed by atoms with Crippen LogP contribution in [0.1, 0.15) is 0 Å². The van der Waals surface area contributed by atoms with Gasteiger partial charge in [0.05, 0.1) is 0 Å². The summed E-state index contributed by atoms with van der Waals surface area (Å²) >= 11 is 0. The number of hydrogen-bond acceptors (Lipinski definition) is 4. The topological polar surface area (TPSA) is 51.8 Å². The van der Waals surface area contributed by atoms with Gasteiger partial charge in [0.25, 0.3) is 0 Å². The molecular weight excluding hydrogens is 599 g/mol. The fourth-order valence-corrected chi connectivity index (χ4v) is 7.11. The lowest BCUT2D eigenvalue weighted by molar-refractivity contribution is 0.669. The maximum absolute atomic E-state index is 6.59. The van der Waals surface area contributed by atoms with Crippen molar-refractivity contribution in [3.05, 3.63) is 164 Å². The van der Waals surface area contributed by atoms with Crippen LogP contribution in [0.15, 0.2) is 168 Å². The van der Waals surface area contributed by atoms with Gasteiger partial charge >= 0.3 is 0 Å². The fourth-order valence-electron chi connectivity index (χ4n) is 7.11. The zero-order valence-corrected chi connectivity index (χ0v) is 26.3. The minimum atomic E-state index is 0.600. The van der Waals surface area contributed by atoms with Crippen LogP contribution in [0.5, 0.6) is 0 Å². The average molecular weight is 626 g/mol. The highest BCUT2D eigenvalue weighted by atomic mass is 16.3. The van der Waals surface area contributed by atoms with Gasteiger partial charge in [-0.05, 0) is 62.3 Å². The van der Waals surface area contributed by atoms with Crippen LogP contribution >= 0.6 is 0 Å². The molecule has 0 fully saturated rings. The second-order valence-corrected chi connectivity index (χ2v) is 12.4. The molecule has 0 aliphatic rings. The third kappa shape index (κ3) is 4.57. The first-order valence-corrected chi connectivity index (χ1v) is 16.4. The van der Waals surface area contributed by atoms with Crippen molar-refractivity contribution >= 4 is 54.3 Å². The minimum Gasteiger partial charge on any atom is -0.456 e. The lowest BCUT2D eigenvalue weighted by atomic mass is 9.92. The van der Waals surface area contributed by atoms with E-state index in [1.54, 1.807) is 0 Å². The molecule has 2 heterocycles. The number of rotatable bonds is 4. The van der Waals surface area contributed by atoms with Crippen molar-refractivity contribution in [3.8, 4) is 45.3 Å². The third-order valence-corrected chi connectivity index (χ3v) is 9.48. The lowest BCUT2D eigenvalue weighted by Gasteiger charge is -2.13. The molecule has 10 aromatic rings. The number of furan rings is 1. The van der Waals surface area contributed by atoms with Crippen LogP contribution in [-0.2, 0) is 0 Å². The predicted molar refractivity (Wildman–Crippen MR) is 201 cm³/mol. The Bertz CT molecular complexity index is 2880. The molecular formula is C45H27N3O. The molecule has 0 bridgehead atoms. The van der Waals surface area contributed by atoms with E-state index in [9.17, 15) is 0 Å². The van der Waals surface area contributed by atoms with Crippen molar-refractivity contribution in [2.75, 3.05) is 0 Å². The third-order valence-electron chi connectivity index (χ3n) is 9.48. The minimum absolute atomic E-state index is 0.600. The Labute approximate surface area is 282 Å². The van der Waals surface area contributed by atoms with E-state index in [1.165, 1.54) is 10.9 Å². The summed E-state index contributed by atoms with van der Waals surface area (Å²) in [6.07, 6.45) is 0. The van der Waals surface area contributed by atoms with E-state index in [0.29, 0.717) is 17.5 Å². The van der Waals surface area contributed by atoms with Gasteiger partial charge in [0.1, 0.15) is 11.2 Å². The molecule has 228 valence electrons. The highest BCUT2D eigenvalue weighted by Gasteiger charge is 2.20. The molecule has 0 aliphatic heterocycles. The van der Waals surface area contributed by atoms with Gasteiger partial charge in [-0.1, -0.05) is 140 Å². The molecule has 10 rings (SSSR count). The second-order valence-electron chi connectivity index (χ2n) is 12.4. The summed E-state index contributed by atoms with van der Waals surface area (Å²) in [6.45, 7) is 0. The summed E-state index contributed by atoms with van der Waals surface area (Å²) in [5.41, 5.74) is 6.76. The highest BCUT2D eigenvalue weighted by Crippen LogP contribution is 2.43. The molecule has 0 N–H and O–H groups in total. The van der Waals surface area contributed by atoms with Crippen LogP contribution in [0.3, 0.4) is 0 Å². The Morgan fingerprint density at radius 2 is 0.959 bits per heavy atom. The zero-order chi connectivity index (χ0) is 32.3. The molecule has 49 heavy (non-hydrogen) atoms. The van der Waals surface area contributed by atoms with Crippen molar-refractivity contribution in [1.82, 2.24) is 15.0 Å². The van der Waals surface area contributed by atoms with E-state index in [0.717, 1.165) is 71.1 Å². The molecule has 4 heteroatoms. The average Bonchev–Trinajstić information content (AvgIpc) is 3.56. The first-order valence-electron chi connectivity index (χ1n) is 16.4.